The van der Waals surface area contributed by atoms with Crippen LogP contribution in [0.4, 0.5) is 0 Å². The molecule has 2 atom stereocenters. The van der Waals surface area contributed by atoms with Gasteiger partial charge in [0.15, 0.2) is 6.23 Å². The van der Waals surface area contributed by atoms with Crippen LogP contribution in [-0.4, -0.2) is 52.0 Å². The van der Waals surface area contributed by atoms with Crippen molar-refractivity contribution in [1.82, 2.24) is 14.0 Å². The zero-order valence-electron chi connectivity index (χ0n) is 11.4. The van der Waals surface area contributed by atoms with Gasteiger partial charge in [-0.3, -0.25) is 18.8 Å². The Kier molecular flexibility index (Phi) is 3.88. The zero-order chi connectivity index (χ0) is 14.2. The Labute approximate surface area is 110 Å². The summed E-state index contributed by atoms with van der Waals surface area (Å²) in [7, 11) is 3.35. The maximum Gasteiger partial charge on any atom is 0.332 e. The molecule has 2 rings (SSSR count). The van der Waals surface area contributed by atoms with Gasteiger partial charge in [0.1, 0.15) is 0 Å². The number of aliphatic hydroxyl groups is 1. The molecule has 2 unspecified atom stereocenters. The fourth-order valence-electron chi connectivity index (χ4n) is 2.30. The largest absolute Gasteiger partial charge is 0.394 e. The van der Waals surface area contributed by atoms with Gasteiger partial charge in [0.05, 0.1) is 12.7 Å². The van der Waals surface area contributed by atoms with Crippen molar-refractivity contribution in [2.75, 3.05) is 26.7 Å². The van der Waals surface area contributed by atoms with Gasteiger partial charge in [-0.25, -0.2) is 4.79 Å². The van der Waals surface area contributed by atoms with Crippen molar-refractivity contribution in [1.29, 1.82) is 0 Å². The lowest BCUT2D eigenvalue weighted by Gasteiger charge is -2.36. The Morgan fingerprint density at radius 1 is 1.37 bits per heavy atom. The van der Waals surface area contributed by atoms with Crippen LogP contribution < -0.4 is 11.2 Å². The van der Waals surface area contributed by atoms with Gasteiger partial charge in [0, 0.05) is 31.9 Å². The number of rotatable bonds is 2. The molecule has 106 valence electrons. The molecule has 0 spiro atoms. The van der Waals surface area contributed by atoms with Crippen molar-refractivity contribution in [3.63, 3.8) is 0 Å². The Morgan fingerprint density at radius 3 is 2.68 bits per heavy atom. The molecule has 0 amide bonds. The second-order valence-corrected chi connectivity index (χ2v) is 4.98. The van der Waals surface area contributed by atoms with Crippen LogP contribution in [0, 0.1) is 6.92 Å². The van der Waals surface area contributed by atoms with E-state index in [0.29, 0.717) is 18.7 Å². The molecule has 7 nitrogen and oxygen atoms in total. The second-order valence-electron chi connectivity index (χ2n) is 4.98. The Morgan fingerprint density at radius 2 is 2.05 bits per heavy atom. The first-order chi connectivity index (χ1) is 8.93. The lowest BCUT2D eigenvalue weighted by atomic mass is 10.2. The van der Waals surface area contributed by atoms with Gasteiger partial charge < -0.3 is 9.84 Å². The van der Waals surface area contributed by atoms with E-state index in [1.165, 1.54) is 17.8 Å². The molecule has 0 aromatic carbocycles. The summed E-state index contributed by atoms with van der Waals surface area (Å²) < 4.78 is 8.16. The number of aliphatic hydroxyl groups excluding tert-OH is 1. The molecule has 2 heterocycles. The number of hydrogen-bond donors (Lipinski definition) is 1. The fourth-order valence-corrected chi connectivity index (χ4v) is 2.30. The van der Waals surface area contributed by atoms with Gasteiger partial charge in [-0.15, -0.1) is 0 Å². The van der Waals surface area contributed by atoms with Crippen molar-refractivity contribution in [2.45, 2.75) is 19.3 Å². The maximum absolute atomic E-state index is 12.1. The molecule has 1 N–H and O–H groups in total. The number of aryl methyl sites for hydroxylation is 1. The van der Waals surface area contributed by atoms with E-state index in [1.54, 1.807) is 6.92 Å². The highest BCUT2D eigenvalue weighted by atomic mass is 16.5. The second kappa shape index (κ2) is 5.28. The van der Waals surface area contributed by atoms with E-state index in [4.69, 9.17) is 4.74 Å². The third kappa shape index (κ3) is 2.63. The lowest BCUT2D eigenvalue weighted by Crippen LogP contribution is -2.49. The average molecular weight is 269 g/mol. The minimum absolute atomic E-state index is 0.0969. The van der Waals surface area contributed by atoms with E-state index in [9.17, 15) is 14.7 Å². The summed E-state index contributed by atoms with van der Waals surface area (Å²) in [6, 6.07) is 0. The minimum Gasteiger partial charge on any atom is -0.394 e. The molecule has 1 aliphatic rings. The first-order valence-electron chi connectivity index (χ1n) is 6.17. The minimum atomic E-state index is -0.492. The summed E-state index contributed by atoms with van der Waals surface area (Å²) in [5.74, 6) is 0. The van der Waals surface area contributed by atoms with Gasteiger partial charge in [0.25, 0.3) is 5.56 Å². The third-order valence-corrected chi connectivity index (χ3v) is 3.33. The van der Waals surface area contributed by atoms with Crippen molar-refractivity contribution < 1.29 is 9.84 Å². The first kappa shape index (κ1) is 14.0. The Bertz CT molecular complexity index is 577. The molecule has 0 bridgehead atoms. The van der Waals surface area contributed by atoms with Crippen LogP contribution in [0.15, 0.2) is 15.8 Å². The van der Waals surface area contributed by atoms with Crippen LogP contribution >= 0.6 is 0 Å². The number of likely N-dealkylation sites (N-methyl/N-ethyl adjacent to an activating group) is 1. The van der Waals surface area contributed by atoms with Gasteiger partial charge in [-0.1, -0.05) is 0 Å². The maximum atomic E-state index is 12.1. The van der Waals surface area contributed by atoms with Crippen molar-refractivity contribution in [3.8, 4) is 0 Å². The summed E-state index contributed by atoms with van der Waals surface area (Å²) in [5, 5.41) is 9.20. The molecule has 7 heteroatoms. The van der Waals surface area contributed by atoms with Gasteiger partial charge in [-0.2, -0.15) is 0 Å². The third-order valence-electron chi connectivity index (χ3n) is 3.33. The predicted octanol–water partition coefficient (Wildman–Crippen LogP) is -1.32. The standard InChI is InChI=1S/C12H19N3O4/c1-8-4-15(12(18)14(3)11(8)17)10-6-13(2)5-9(7-16)19-10/h4,9-10,16H,5-7H2,1-3H3. The number of hydrogen-bond acceptors (Lipinski definition) is 5. The Hall–Kier alpha value is -1.44. The van der Waals surface area contributed by atoms with Crippen LogP contribution in [0.25, 0.3) is 0 Å². The van der Waals surface area contributed by atoms with E-state index in [-0.39, 0.29) is 18.3 Å². The van der Waals surface area contributed by atoms with Crippen LogP contribution in [0.2, 0.25) is 0 Å². The topological polar surface area (TPSA) is 76.7 Å². The summed E-state index contributed by atoms with van der Waals surface area (Å²) in [4.78, 5) is 25.8. The summed E-state index contributed by atoms with van der Waals surface area (Å²) in [6.45, 7) is 2.72. The highest BCUT2D eigenvalue weighted by Gasteiger charge is 2.27. The quantitative estimate of drug-likeness (QED) is 0.720. The summed E-state index contributed by atoms with van der Waals surface area (Å²) in [6.07, 6.45) is 0.699. The van der Waals surface area contributed by atoms with Crippen molar-refractivity contribution in [3.05, 3.63) is 32.6 Å². The molecule has 1 saturated heterocycles. The van der Waals surface area contributed by atoms with E-state index >= 15 is 0 Å². The molecule has 1 aromatic heterocycles. The van der Waals surface area contributed by atoms with Crippen LogP contribution in [0.5, 0.6) is 0 Å². The van der Waals surface area contributed by atoms with Crippen LogP contribution in [0.3, 0.4) is 0 Å². The molecule has 0 radical (unpaired) electrons. The molecule has 1 aromatic rings. The normalized spacial score (nSPS) is 24.6. The highest BCUT2D eigenvalue weighted by molar-refractivity contribution is 5.03. The molecule has 0 saturated carbocycles. The van der Waals surface area contributed by atoms with E-state index in [2.05, 4.69) is 0 Å². The van der Waals surface area contributed by atoms with E-state index in [0.717, 1.165) is 4.57 Å². The van der Waals surface area contributed by atoms with Crippen LogP contribution in [0.1, 0.15) is 11.8 Å². The van der Waals surface area contributed by atoms with Gasteiger partial charge in [0.2, 0.25) is 0 Å². The molecule has 19 heavy (non-hydrogen) atoms. The first-order valence-corrected chi connectivity index (χ1v) is 6.17. The van der Waals surface area contributed by atoms with E-state index < -0.39 is 11.9 Å². The van der Waals surface area contributed by atoms with Crippen LogP contribution in [-0.2, 0) is 11.8 Å². The summed E-state index contributed by atoms with van der Waals surface area (Å²) in [5.41, 5.74) is -0.226. The van der Waals surface area contributed by atoms with E-state index in [1.807, 2.05) is 11.9 Å². The fraction of sp³-hybridized carbons (Fsp3) is 0.667. The molecular formula is C12H19N3O4. The number of morpholine rings is 1. The smallest absolute Gasteiger partial charge is 0.332 e. The molecule has 0 aliphatic carbocycles. The number of ether oxygens (including phenoxy) is 1. The van der Waals surface area contributed by atoms with Gasteiger partial charge in [-0.05, 0) is 14.0 Å². The number of aromatic nitrogens is 2. The highest BCUT2D eigenvalue weighted by Crippen LogP contribution is 2.17. The SMILES string of the molecule is Cc1cn(C2CN(C)CC(CO)O2)c(=O)n(C)c1=O. The van der Waals surface area contributed by atoms with Crippen molar-refractivity contribution >= 4 is 0 Å². The molecule has 1 aliphatic heterocycles. The molecule has 1 fully saturated rings. The predicted molar refractivity (Wildman–Crippen MR) is 69.2 cm³/mol. The zero-order valence-corrected chi connectivity index (χ0v) is 11.4. The number of nitrogens with zero attached hydrogens (tertiary/aromatic N) is 3. The van der Waals surface area contributed by atoms with Crippen molar-refractivity contribution in [2.24, 2.45) is 7.05 Å². The summed E-state index contributed by atoms with van der Waals surface area (Å²) >= 11 is 0. The Balaban J connectivity index is 2.42. The van der Waals surface area contributed by atoms with Gasteiger partial charge >= 0.3 is 5.69 Å². The monoisotopic (exact) mass is 269 g/mol. The molecular weight excluding hydrogens is 250 g/mol. The lowest BCUT2D eigenvalue weighted by molar-refractivity contribution is -0.131. The average Bonchev–Trinajstić information content (AvgIpc) is 2.39.